The van der Waals surface area contributed by atoms with Crippen LogP contribution in [0.25, 0.3) is 0 Å². The number of rotatable bonds is 6. The van der Waals surface area contributed by atoms with Crippen LogP contribution in [0.5, 0.6) is 11.5 Å². The highest BCUT2D eigenvalue weighted by molar-refractivity contribution is 7.92. The second-order valence-electron chi connectivity index (χ2n) is 5.49. The fraction of sp³-hybridized carbons (Fsp3) is 0.533. The summed E-state index contributed by atoms with van der Waals surface area (Å²) in [5.41, 5.74) is 0.466. The third kappa shape index (κ3) is 4.64. The summed E-state index contributed by atoms with van der Waals surface area (Å²) in [5.74, 6) is 0.826. The Labute approximate surface area is 126 Å². The van der Waals surface area contributed by atoms with Crippen LogP contribution in [-0.4, -0.2) is 32.1 Å². The SMILES string of the molecule is CCOc1cc(C#N)ccc1OCCS(=O)(=O)C(C)(C)C. The second-order valence-corrected chi connectivity index (χ2v) is 8.35. The molecule has 116 valence electrons. The molecule has 0 bridgehead atoms. The molecule has 0 heterocycles. The third-order valence-electron chi connectivity index (χ3n) is 2.92. The highest BCUT2D eigenvalue weighted by atomic mass is 32.2. The van der Waals surface area contributed by atoms with Gasteiger partial charge in [-0.1, -0.05) is 0 Å². The first-order valence-corrected chi connectivity index (χ1v) is 8.38. The topological polar surface area (TPSA) is 76.4 Å². The molecule has 0 aliphatic heterocycles. The number of nitrogens with zero attached hydrogens (tertiary/aromatic N) is 1. The molecule has 0 aliphatic carbocycles. The fourth-order valence-corrected chi connectivity index (χ4v) is 2.45. The van der Waals surface area contributed by atoms with Crippen molar-refractivity contribution in [2.75, 3.05) is 19.0 Å². The van der Waals surface area contributed by atoms with Gasteiger partial charge in [-0.25, -0.2) is 8.42 Å². The number of hydrogen-bond donors (Lipinski definition) is 0. The number of ether oxygens (including phenoxy) is 2. The van der Waals surface area contributed by atoms with Gasteiger partial charge in [-0.2, -0.15) is 5.26 Å². The molecule has 0 radical (unpaired) electrons. The molecule has 0 saturated heterocycles. The average molecular weight is 311 g/mol. The molecule has 0 fully saturated rings. The number of sulfone groups is 1. The minimum Gasteiger partial charge on any atom is -0.490 e. The van der Waals surface area contributed by atoms with Crippen molar-refractivity contribution in [3.05, 3.63) is 23.8 Å². The van der Waals surface area contributed by atoms with Gasteiger partial charge in [0.05, 0.1) is 28.7 Å². The third-order valence-corrected chi connectivity index (χ3v) is 5.49. The molecule has 0 atom stereocenters. The molecule has 5 nitrogen and oxygen atoms in total. The summed E-state index contributed by atoms with van der Waals surface area (Å²) < 4.78 is 34.1. The van der Waals surface area contributed by atoms with E-state index >= 15 is 0 Å². The zero-order valence-electron chi connectivity index (χ0n) is 12.8. The zero-order valence-corrected chi connectivity index (χ0v) is 13.7. The van der Waals surface area contributed by atoms with Crippen LogP contribution in [0.4, 0.5) is 0 Å². The van der Waals surface area contributed by atoms with Crippen molar-refractivity contribution >= 4 is 9.84 Å². The van der Waals surface area contributed by atoms with E-state index in [9.17, 15) is 8.42 Å². The molecule has 21 heavy (non-hydrogen) atoms. The van der Waals surface area contributed by atoms with Gasteiger partial charge in [-0.3, -0.25) is 0 Å². The lowest BCUT2D eigenvalue weighted by Crippen LogP contribution is -2.32. The van der Waals surface area contributed by atoms with E-state index in [-0.39, 0.29) is 12.4 Å². The van der Waals surface area contributed by atoms with Crippen LogP contribution in [0.15, 0.2) is 18.2 Å². The van der Waals surface area contributed by atoms with Crippen molar-refractivity contribution in [1.82, 2.24) is 0 Å². The number of hydrogen-bond acceptors (Lipinski definition) is 5. The van der Waals surface area contributed by atoms with Gasteiger partial charge in [0.25, 0.3) is 0 Å². The number of benzene rings is 1. The first-order valence-electron chi connectivity index (χ1n) is 6.73. The summed E-state index contributed by atoms with van der Waals surface area (Å²) in [5, 5.41) is 8.87. The van der Waals surface area contributed by atoms with Crippen LogP contribution in [-0.2, 0) is 9.84 Å². The first-order chi connectivity index (χ1) is 9.71. The van der Waals surface area contributed by atoms with Crippen LogP contribution < -0.4 is 9.47 Å². The van der Waals surface area contributed by atoms with Crippen LogP contribution in [0.1, 0.15) is 33.3 Å². The molecule has 0 amide bonds. The molecule has 0 spiro atoms. The van der Waals surface area contributed by atoms with E-state index in [0.29, 0.717) is 23.7 Å². The molecular weight excluding hydrogens is 290 g/mol. The van der Waals surface area contributed by atoms with Crippen LogP contribution in [0, 0.1) is 11.3 Å². The average Bonchev–Trinajstić information content (AvgIpc) is 2.39. The maximum atomic E-state index is 12.0. The van der Waals surface area contributed by atoms with E-state index < -0.39 is 14.6 Å². The summed E-state index contributed by atoms with van der Waals surface area (Å²) >= 11 is 0. The van der Waals surface area contributed by atoms with E-state index in [1.54, 1.807) is 39.0 Å². The molecule has 0 aromatic heterocycles. The highest BCUT2D eigenvalue weighted by Gasteiger charge is 2.28. The lowest BCUT2D eigenvalue weighted by molar-refractivity contribution is 0.288. The van der Waals surface area contributed by atoms with E-state index in [4.69, 9.17) is 14.7 Å². The molecule has 1 rings (SSSR count). The Balaban J connectivity index is 2.79. The van der Waals surface area contributed by atoms with Gasteiger partial charge >= 0.3 is 0 Å². The second kappa shape index (κ2) is 6.81. The van der Waals surface area contributed by atoms with Crippen molar-refractivity contribution in [3.8, 4) is 17.6 Å². The molecule has 6 heteroatoms. The molecule has 1 aromatic rings. The summed E-state index contributed by atoms with van der Waals surface area (Å²) in [6.45, 7) is 7.30. The van der Waals surface area contributed by atoms with E-state index in [1.165, 1.54) is 0 Å². The largest absolute Gasteiger partial charge is 0.490 e. The van der Waals surface area contributed by atoms with Crippen LogP contribution in [0.3, 0.4) is 0 Å². The molecule has 0 saturated carbocycles. The molecule has 1 aromatic carbocycles. The Morgan fingerprint density at radius 3 is 2.38 bits per heavy atom. The normalized spacial score (nSPS) is 11.8. The Morgan fingerprint density at radius 1 is 1.19 bits per heavy atom. The van der Waals surface area contributed by atoms with E-state index in [1.807, 2.05) is 13.0 Å². The highest BCUT2D eigenvalue weighted by Crippen LogP contribution is 2.28. The maximum absolute atomic E-state index is 12.0. The van der Waals surface area contributed by atoms with Crippen molar-refractivity contribution in [1.29, 1.82) is 5.26 Å². The predicted molar refractivity (Wildman–Crippen MR) is 81.4 cm³/mol. The van der Waals surface area contributed by atoms with Crippen molar-refractivity contribution < 1.29 is 17.9 Å². The smallest absolute Gasteiger partial charge is 0.162 e. The monoisotopic (exact) mass is 311 g/mol. The Kier molecular flexibility index (Phi) is 5.62. The minimum absolute atomic E-state index is 0.0472. The molecule has 0 N–H and O–H groups in total. The van der Waals surface area contributed by atoms with Crippen molar-refractivity contribution in [2.45, 2.75) is 32.4 Å². The predicted octanol–water partition coefficient (Wildman–Crippen LogP) is 2.55. The fourth-order valence-electron chi connectivity index (χ4n) is 1.53. The Hall–Kier alpha value is -1.74. The van der Waals surface area contributed by atoms with Crippen molar-refractivity contribution in [2.24, 2.45) is 0 Å². The lowest BCUT2D eigenvalue weighted by atomic mass is 10.2. The van der Waals surface area contributed by atoms with Crippen LogP contribution in [0.2, 0.25) is 0 Å². The summed E-state index contributed by atoms with van der Waals surface area (Å²) in [6.07, 6.45) is 0. The summed E-state index contributed by atoms with van der Waals surface area (Å²) in [4.78, 5) is 0. The number of nitriles is 1. The van der Waals surface area contributed by atoms with Crippen molar-refractivity contribution in [3.63, 3.8) is 0 Å². The van der Waals surface area contributed by atoms with Gasteiger partial charge in [-0.15, -0.1) is 0 Å². The van der Waals surface area contributed by atoms with Gasteiger partial charge in [0, 0.05) is 6.07 Å². The minimum atomic E-state index is -3.22. The van der Waals surface area contributed by atoms with Gasteiger partial charge in [0.2, 0.25) is 0 Å². The van der Waals surface area contributed by atoms with Gasteiger partial charge in [0.15, 0.2) is 21.3 Å². The Morgan fingerprint density at radius 2 is 1.86 bits per heavy atom. The van der Waals surface area contributed by atoms with Gasteiger partial charge in [0.1, 0.15) is 6.61 Å². The molecule has 0 unspecified atom stereocenters. The first kappa shape index (κ1) is 17.3. The standard InChI is InChI=1S/C15H21NO4S/c1-5-19-14-10-12(11-16)6-7-13(14)20-8-9-21(17,18)15(2,3)4/h6-7,10H,5,8-9H2,1-4H3. The van der Waals surface area contributed by atoms with E-state index in [0.717, 1.165) is 0 Å². The zero-order chi connectivity index (χ0) is 16.1. The summed E-state index contributed by atoms with van der Waals surface area (Å²) in [6, 6.07) is 6.83. The Bertz CT molecular complexity index is 624. The quantitative estimate of drug-likeness (QED) is 0.807. The molecule has 0 aliphatic rings. The van der Waals surface area contributed by atoms with E-state index in [2.05, 4.69) is 0 Å². The summed E-state index contributed by atoms with van der Waals surface area (Å²) in [7, 11) is -3.22. The lowest BCUT2D eigenvalue weighted by Gasteiger charge is -2.19. The maximum Gasteiger partial charge on any atom is 0.162 e. The van der Waals surface area contributed by atoms with Gasteiger partial charge in [-0.05, 0) is 39.8 Å². The van der Waals surface area contributed by atoms with Gasteiger partial charge < -0.3 is 9.47 Å². The molecular formula is C15H21NO4S. The van der Waals surface area contributed by atoms with Crippen LogP contribution >= 0.6 is 0 Å².